The molecular formula is C72H120O12. The average molecular weight is 1180 g/mol. The van der Waals surface area contributed by atoms with Crippen molar-refractivity contribution >= 4 is 17.9 Å². The predicted octanol–water partition coefficient (Wildman–Crippen LogP) is 13.4. The monoisotopic (exact) mass is 1180 g/mol. The van der Waals surface area contributed by atoms with E-state index in [-0.39, 0.29) is 76.9 Å². The number of fused-ring (bicyclic) bond motifs is 15. The molecule has 0 radical (unpaired) electrons. The Morgan fingerprint density at radius 1 is 0.369 bits per heavy atom. The molecule has 12 nitrogen and oxygen atoms in total. The summed E-state index contributed by atoms with van der Waals surface area (Å²) in [6.45, 7) is 21.1. The number of hydrogen-bond acceptors (Lipinski definition) is 9. The van der Waals surface area contributed by atoms with E-state index < -0.39 is 24.0 Å². The molecule has 0 aromatic carbocycles. The Labute approximate surface area is 506 Å². The summed E-state index contributed by atoms with van der Waals surface area (Å²) in [5.41, 5.74) is 0.955. The molecule has 0 bridgehead atoms. The molecule has 12 aliphatic carbocycles. The lowest BCUT2D eigenvalue weighted by atomic mass is 9.43. The van der Waals surface area contributed by atoms with Crippen molar-refractivity contribution in [2.45, 2.75) is 292 Å². The van der Waals surface area contributed by atoms with Gasteiger partial charge in [-0.15, -0.1) is 0 Å². The molecule has 0 aliphatic heterocycles. The molecule has 480 valence electrons. The zero-order valence-electron chi connectivity index (χ0n) is 53.8. The summed E-state index contributed by atoms with van der Waals surface area (Å²) in [7, 11) is 0. The first-order valence-corrected chi connectivity index (χ1v) is 35.3. The van der Waals surface area contributed by atoms with E-state index in [2.05, 4.69) is 62.3 Å². The molecule has 0 aromatic rings. The largest absolute Gasteiger partial charge is 0.481 e. The second-order valence-corrected chi connectivity index (χ2v) is 34.0. The molecule has 0 unspecified atom stereocenters. The lowest BCUT2D eigenvalue weighted by Gasteiger charge is -2.63. The van der Waals surface area contributed by atoms with Crippen LogP contribution in [0.4, 0.5) is 0 Å². The Bertz CT molecular complexity index is 2310. The Morgan fingerprint density at radius 3 is 1.24 bits per heavy atom. The third-order valence-corrected chi connectivity index (χ3v) is 30.9. The van der Waals surface area contributed by atoms with Crippen LogP contribution in [-0.4, -0.2) is 100 Å². The highest BCUT2D eigenvalue weighted by Crippen LogP contribution is 2.72. The van der Waals surface area contributed by atoms with E-state index >= 15 is 0 Å². The number of rotatable bonds is 12. The SMILES string of the molecule is C[C@H](CCC(=O)O)[C@H]1CC[C@H]2[C@@H]3CC[C@@H]4C[C@H](O)CC[C@]4(C)[C@H]3CC[C@]12C.C[C@H](CCC(=O)O)[C@H]1CC[C@H]2[C@@H]3CC[C@@H]4C[C@H](O)CC[C@]4(C)[C@H]3C[C@H](O)[C@]12C.C[C@H](CCC(=O)O)[C@H]1CC[C@H]2[C@@H]3[C@H](O)C[C@@H]4C[C@H](O)CC[C@]4(C)[C@H]3C[C@H](O)[C@]12C. The molecule has 12 aliphatic rings. The Kier molecular flexibility index (Phi) is 19.2. The van der Waals surface area contributed by atoms with Gasteiger partial charge in [-0.1, -0.05) is 62.3 Å². The van der Waals surface area contributed by atoms with Gasteiger partial charge in [-0.05, 0) is 312 Å². The minimum Gasteiger partial charge on any atom is -0.481 e. The van der Waals surface area contributed by atoms with Crippen molar-refractivity contribution in [3.8, 4) is 0 Å². The summed E-state index contributed by atoms with van der Waals surface area (Å²) in [4.78, 5) is 33.2. The molecule has 12 rings (SSSR count). The van der Waals surface area contributed by atoms with Crippen molar-refractivity contribution < 1.29 is 60.3 Å². The number of aliphatic carboxylic acids is 3. The number of carboxylic acid groups (broad SMARTS) is 3. The van der Waals surface area contributed by atoms with E-state index in [9.17, 15) is 45.0 Å². The number of aliphatic hydroxyl groups excluding tert-OH is 6. The van der Waals surface area contributed by atoms with Gasteiger partial charge in [0.1, 0.15) is 0 Å². The van der Waals surface area contributed by atoms with Gasteiger partial charge in [0.15, 0.2) is 0 Å². The van der Waals surface area contributed by atoms with Gasteiger partial charge in [0.05, 0.1) is 36.6 Å². The van der Waals surface area contributed by atoms with Crippen LogP contribution in [0.1, 0.15) is 255 Å². The van der Waals surface area contributed by atoms with Crippen LogP contribution >= 0.6 is 0 Å². The van der Waals surface area contributed by atoms with Crippen LogP contribution in [0.3, 0.4) is 0 Å². The normalized spacial score (nSPS) is 51.7. The van der Waals surface area contributed by atoms with Crippen molar-refractivity contribution in [3.63, 3.8) is 0 Å². The molecule has 0 heterocycles. The van der Waals surface area contributed by atoms with Gasteiger partial charge in [-0.3, -0.25) is 14.4 Å². The highest BCUT2D eigenvalue weighted by Gasteiger charge is 2.67. The fraction of sp³-hybridized carbons (Fsp3) is 0.958. The van der Waals surface area contributed by atoms with E-state index in [0.717, 1.165) is 126 Å². The van der Waals surface area contributed by atoms with Crippen LogP contribution in [0.5, 0.6) is 0 Å². The molecule has 84 heavy (non-hydrogen) atoms. The second kappa shape index (κ2) is 24.8. The maximum absolute atomic E-state index is 11.5. The van der Waals surface area contributed by atoms with E-state index in [0.29, 0.717) is 94.7 Å². The van der Waals surface area contributed by atoms with Crippen molar-refractivity contribution in [1.82, 2.24) is 0 Å². The maximum Gasteiger partial charge on any atom is 0.303 e. The van der Waals surface area contributed by atoms with Gasteiger partial charge in [0.25, 0.3) is 0 Å². The standard InChI is InChI=1S/C24H40O5.C24H40O4.C24H40O3/c1-13(4-7-21(28)29)16-5-6-17-22-18(12-20(27)24(16,17)3)23(2)9-8-15(25)10-14(23)11-19(22)26;1-14(4-9-22(27)28)18-7-8-19-17-6-5-15-12-16(25)10-11-23(15,2)20(17)13-21(26)24(18,19)3;1-15(4-9-22(26)27)19-7-8-20-18-6-5-16-14-17(25)10-12-23(16,2)21(18)11-13-24(19,20)3/h13-20,22,25-27H,4-12H2,1-3H3,(H,28,29);14-21,25-26H,4-13H2,1-3H3,(H,27,28);15-21,25H,4-14H2,1-3H3,(H,26,27)/t13-,14+,15-,16-,17+,18+,19-,20+,22+,23+,24-;14-,15-,16-,17+,18-,19+,20+,21+,23+,24-;15-,16-,17-,18+,19-,20+,21+,23+,24-/m111/s1. The van der Waals surface area contributed by atoms with Crippen molar-refractivity contribution in [1.29, 1.82) is 0 Å². The van der Waals surface area contributed by atoms with Crippen molar-refractivity contribution in [2.24, 2.45) is 139 Å². The summed E-state index contributed by atoms with van der Waals surface area (Å²) >= 11 is 0. The number of hydrogen-bond donors (Lipinski definition) is 9. The first kappa shape index (κ1) is 65.1. The van der Waals surface area contributed by atoms with Gasteiger partial charge in [-0.2, -0.15) is 0 Å². The molecule has 12 fully saturated rings. The number of carboxylic acids is 3. The fourth-order valence-electron chi connectivity index (χ4n) is 26.2. The summed E-state index contributed by atoms with van der Waals surface area (Å²) in [6.07, 6.45) is 27.7. The first-order valence-electron chi connectivity index (χ1n) is 35.3. The summed E-state index contributed by atoms with van der Waals surface area (Å²) < 4.78 is 0. The third kappa shape index (κ3) is 11.4. The lowest BCUT2D eigenvalue weighted by molar-refractivity contribution is -0.207. The molecule has 0 saturated heterocycles. The Balaban J connectivity index is 0.000000140. The fourth-order valence-corrected chi connectivity index (χ4v) is 26.2. The van der Waals surface area contributed by atoms with E-state index in [1.165, 1.54) is 64.2 Å². The molecule has 12 heteroatoms. The van der Waals surface area contributed by atoms with Gasteiger partial charge in [-0.25, -0.2) is 0 Å². The molecular weight excluding hydrogens is 1060 g/mol. The van der Waals surface area contributed by atoms with E-state index in [1.54, 1.807) is 0 Å². The third-order valence-electron chi connectivity index (χ3n) is 30.9. The van der Waals surface area contributed by atoms with E-state index in [4.69, 9.17) is 15.3 Å². The highest BCUT2D eigenvalue weighted by molar-refractivity contribution is 5.67. The van der Waals surface area contributed by atoms with Crippen LogP contribution in [-0.2, 0) is 14.4 Å². The summed E-state index contributed by atoms with van der Waals surface area (Å²) in [5.74, 6) is 7.45. The summed E-state index contributed by atoms with van der Waals surface area (Å²) in [5, 5.41) is 92.1. The van der Waals surface area contributed by atoms with Gasteiger partial charge in [0.2, 0.25) is 0 Å². The predicted molar refractivity (Wildman–Crippen MR) is 326 cm³/mol. The topological polar surface area (TPSA) is 233 Å². The van der Waals surface area contributed by atoms with Gasteiger partial charge >= 0.3 is 17.9 Å². The highest BCUT2D eigenvalue weighted by atomic mass is 16.4. The van der Waals surface area contributed by atoms with Crippen LogP contribution in [0.2, 0.25) is 0 Å². The molecule has 30 atom stereocenters. The van der Waals surface area contributed by atoms with Crippen LogP contribution in [0.25, 0.3) is 0 Å². The lowest BCUT2D eigenvalue weighted by Crippen LogP contribution is -2.62. The Morgan fingerprint density at radius 2 is 0.738 bits per heavy atom. The average Bonchev–Trinajstić information content (AvgIpc) is 1.36. The quantitative estimate of drug-likeness (QED) is 0.0888. The smallest absolute Gasteiger partial charge is 0.303 e. The van der Waals surface area contributed by atoms with Crippen LogP contribution in [0, 0.1) is 139 Å². The molecule has 0 spiro atoms. The minimum absolute atomic E-state index is 0.0561. The van der Waals surface area contributed by atoms with E-state index in [1.807, 2.05) is 0 Å². The first-order chi connectivity index (χ1) is 39.5. The van der Waals surface area contributed by atoms with Gasteiger partial charge in [0, 0.05) is 19.3 Å². The minimum atomic E-state index is -0.748. The summed E-state index contributed by atoms with van der Waals surface area (Å²) in [6, 6.07) is 0. The van der Waals surface area contributed by atoms with Gasteiger partial charge < -0.3 is 46.0 Å². The Hall–Kier alpha value is -1.83. The molecule has 12 saturated carbocycles. The number of aliphatic hydroxyl groups is 6. The van der Waals surface area contributed by atoms with Crippen molar-refractivity contribution in [3.05, 3.63) is 0 Å². The number of carbonyl (C=O) groups is 3. The molecule has 0 amide bonds. The zero-order chi connectivity index (χ0) is 60.8. The maximum atomic E-state index is 11.5. The van der Waals surface area contributed by atoms with Crippen molar-refractivity contribution in [2.75, 3.05) is 0 Å². The zero-order valence-corrected chi connectivity index (χ0v) is 53.8. The second-order valence-electron chi connectivity index (χ2n) is 34.0. The molecule has 0 aromatic heterocycles. The molecule has 9 N–H and O–H groups in total. The van der Waals surface area contributed by atoms with Crippen LogP contribution in [0.15, 0.2) is 0 Å². The van der Waals surface area contributed by atoms with Crippen LogP contribution < -0.4 is 0 Å².